The van der Waals surface area contributed by atoms with Crippen LogP contribution in [0.3, 0.4) is 0 Å². The highest BCUT2D eigenvalue weighted by Crippen LogP contribution is 2.28. The van der Waals surface area contributed by atoms with E-state index < -0.39 is 20.9 Å². The lowest BCUT2D eigenvalue weighted by molar-refractivity contribution is -0.385. The van der Waals surface area contributed by atoms with Crippen LogP contribution >= 0.6 is 23.8 Å². The summed E-state index contributed by atoms with van der Waals surface area (Å²) in [6.45, 7) is 1.43. The number of nitro benzene ring substituents is 1. The molecule has 0 aliphatic rings. The second-order valence-electron chi connectivity index (χ2n) is 6.91. The number of hydrogen-bond donors (Lipinski definition) is 4. The maximum absolute atomic E-state index is 12.7. The maximum Gasteiger partial charge on any atom is 0.273 e. The van der Waals surface area contributed by atoms with Crippen LogP contribution in [0.25, 0.3) is 0 Å². The first kappa shape index (κ1) is 24.9. The van der Waals surface area contributed by atoms with E-state index in [-0.39, 0.29) is 43.9 Å². The van der Waals surface area contributed by atoms with E-state index in [1.165, 1.54) is 55.5 Å². The van der Waals surface area contributed by atoms with Crippen LogP contribution < -0.4 is 15.4 Å². The summed E-state index contributed by atoms with van der Waals surface area (Å²) in [5.74, 6) is -1.04. The molecule has 0 saturated heterocycles. The number of benzene rings is 3. The van der Waals surface area contributed by atoms with Crippen molar-refractivity contribution in [2.24, 2.45) is 0 Å². The predicted molar refractivity (Wildman–Crippen MR) is 132 cm³/mol. The number of nitrogens with one attached hydrogen (secondary N) is 3. The van der Waals surface area contributed by atoms with E-state index in [4.69, 9.17) is 23.8 Å². The molecule has 0 radical (unpaired) electrons. The van der Waals surface area contributed by atoms with Crippen LogP contribution in [0.15, 0.2) is 65.6 Å². The van der Waals surface area contributed by atoms with Gasteiger partial charge in [-0.25, -0.2) is 8.42 Å². The Hall–Kier alpha value is -3.74. The van der Waals surface area contributed by atoms with Crippen LogP contribution in [0, 0.1) is 17.0 Å². The van der Waals surface area contributed by atoms with Crippen molar-refractivity contribution in [3.8, 4) is 5.75 Å². The van der Waals surface area contributed by atoms with Crippen molar-refractivity contribution in [1.29, 1.82) is 0 Å². The molecule has 0 heterocycles. The lowest BCUT2D eigenvalue weighted by Crippen LogP contribution is -2.34. The van der Waals surface area contributed by atoms with Gasteiger partial charge in [0.1, 0.15) is 5.75 Å². The van der Waals surface area contributed by atoms with Crippen molar-refractivity contribution < 1.29 is 23.2 Å². The molecule has 13 heteroatoms. The number of sulfonamides is 1. The Kier molecular flexibility index (Phi) is 7.35. The van der Waals surface area contributed by atoms with Gasteiger partial charge in [-0.1, -0.05) is 17.7 Å². The first-order chi connectivity index (χ1) is 16.0. The van der Waals surface area contributed by atoms with E-state index in [1.807, 2.05) is 0 Å². The number of halogens is 1. The quantitative estimate of drug-likeness (QED) is 0.163. The molecule has 34 heavy (non-hydrogen) atoms. The number of carbonyl (C=O) groups is 1. The highest BCUT2D eigenvalue weighted by Gasteiger charge is 2.20. The van der Waals surface area contributed by atoms with E-state index in [1.54, 1.807) is 0 Å². The monoisotopic (exact) mass is 520 g/mol. The maximum atomic E-state index is 12.7. The van der Waals surface area contributed by atoms with Gasteiger partial charge in [0, 0.05) is 27.9 Å². The topological polar surface area (TPSA) is 151 Å². The molecule has 176 valence electrons. The van der Waals surface area contributed by atoms with Crippen LogP contribution in [-0.2, 0) is 10.0 Å². The number of nitrogens with zero attached hydrogens (tertiary/aromatic N) is 1. The summed E-state index contributed by atoms with van der Waals surface area (Å²) in [5, 5.41) is 26.3. The fraction of sp³-hybridized carbons (Fsp3) is 0.0476. The third-order valence-electron chi connectivity index (χ3n) is 4.60. The zero-order valence-electron chi connectivity index (χ0n) is 17.4. The summed E-state index contributed by atoms with van der Waals surface area (Å²) in [6, 6.07) is 13.5. The van der Waals surface area contributed by atoms with Gasteiger partial charge >= 0.3 is 0 Å². The third-order valence-corrected chi connectivity index (χ3v) is 6.43. The molecule has 0 saturated carbocycles. The fourth-order valence-electron chi connectivity index (χ4n) is 2.91. The molecular formula is C21H17ClN4O6S2. The van der Waals surface area contributed by atoms with E-state index in [9.17, 15) is 28.4 Å². The molecule has 3 aromatic carbocycles. The number of carbonyl (C=O) groups excluding carboxylic acids is 1. The number of hydrogen-bond acceptors (Lipinski definition) is 7. The number of rotatable bonds is 6. The van der Waals surface area contributed by atoms with Crippen LogP contribution in [0.4, 0.5) is 17.1 Å². The first-order valence-corrected chi connectivity index (χ1v) is 11.7. The van der Waals surface area contributed by atoms with Gasteiger partial charge in [0.25, 0.3) is 21.6 Å². The Balaban J connectivity index is 1.77. The van der Waals surface area contributed by atoms with Crippen molar-refractivity contribution >= 4 is 61.9 Å². The second-order valence-corrected chi connectivity index (χ2v) is 9.43. The summed E-state index contributed by atoms with van der Waals surface area (Å²) in [7, 11) is -4.02. The number of phenols is 1. The van der Waals surface area contributed by atoms with Gasteiger partial charge in [0.2, 0.25) is 0 Å². The van der Waals surface area contributed by atoms with Gasteiger partial charge in [-0.2, -0.15) is 0 Å². The van der Waals surface area contributed by atoms with Gasteiger partial charge in [-0.05, 0) is 67.7 Å². The molecule has 3 rings (SSSR count). The first-order valence-electron chi connectivity index (χ1n) is 9.45. The van der Waals surface area contributed by atoms with Gasteiger partial charge in [-0.3, -0.25) is 24.9 Å². The molecule has 0 unspecified atom stereocenters. The molecular weight excluding hydrogens is 504 g/mol. The third kappa shape index (κ3) is 5.78. The molecule has 3 aromatic rings. The summed E-state index contributed by atoms with van der Waals surface area (Å²) >= 11 is 10.9. The Labute approximate surface area is 204 Å². The highest BCUT2D eigenvalue weighted by molar-refractivity contribution is 7.92. The normalized spacial score (nSPS) is 10.9. The van der Waals surface area contributed by atoms with E-state index in [0.29, 0.717) is 5.02 Å². The molecule has 0 aliphatic carbocycles. The average Bonchev–Trinajstić information content (AvgIpc) is 2.76. The summed E-state index contributed by atoms with van der Waals surface area (Å²) in [4.78, 5) is 22.8. The summed E-state index contributed by atoms with van der Waals surface area (Å²) in [6.07, 6.45) is 0. The molecule has 0 fully saturated rings. The van der Waals surface area contributed by atoms with Crippen LogP contribution in [0.5, 0.6) is 5.75 Å². The van der Waals surface area contributed by atoms with E-state index in [2.05, 4.69) is 15.4 Å². The zero-order chi connectivity index (χ0) is 25.0. The highest BCUT2D eigenvalue weighted by atomic mass is 35.5. The van der Waals surface area contributed by atoms with Gasteiger partial charge in [-0.15, -0.1) is 0 Å². The Bertz CT molecular complexity index is 1390. The van der Waals surface area contributed by atoms with Gasteiger partial charge in [0.05, 0.1) is 15.5 Å². The largest absolute Gasteiger partial charge is 0.506 e. The minimum Gasteiger partial charge on any atom is -0.506 e. The number of phenolic OH excluding ortho intramolecular Hbond substituents is 1. The summed E-state index contributed by atoms with van der Waals surface area (Å²) in [5.41, 5.74) is 0.153. The lowest BCUT2D eigenvalue weighted by atomic mass is 10.1. The van der Waals surface area contributed by atoms with Gasteiger partial charge < -0.3 is 10.4 Å². The smallest absolute Gasteiger partial charge is 0.273 e. The number of amides is 1. The molecule has 10 nitrogen and oxygen atoms in total. The van der Waals surface area contributed by atoms with Crippen molar-refractivity contribution in [1.82, 2.24) is 5.32 Å². The van der Waals surface area contributed by atoms with E-state index >= 15 is 0 Å². The van der Waals surface area contributed by atoms with Crippen molar-refractivity contribution in [2.75, 3.05) is 10.0 Å². The zero-order valence-corrected chi connectivity index (χ0v) is 19.8. The van der Waals surface area contributed by atoms with Crippen LogP contribution in [0.2, 0.25) is 5.02 Å². The molecule has 0 bridgehead atoms. The van der Waals surface area contributed by atoms with Crippen molar-refractivity contribution in [2.45, 2.75) is 11.8 Å². The van der Waals surface area contributed by atoms with E-state index in [0.717, 1.165) is 12.1 Å². The molecule has 4 N–H and O–H groups in total. The molecule has 1 amide bonds. The number of aromatic hydroxyl groups is 1. The molecule has 0 aliphatic heterocycles. The number of nitro groups is 1. The fourth-order valence-corrected chi connectivity index (χ4v) is 4.32. The second kappa shape index (κ2) is 10.0. The molecule has 0 atom stereocenters. The van der Waals surface area contributed by atoms with Crippen molar-refractivity contribution in [3.63, 3.8) is 0 Å². The van der Waals surface area contributed by atoms with Gasteiger partial charge in [0.15, 0.2) is 5.11 Å². The van der Waals surface area contributed by atoms with Crippen molar-refractivity contribution in [3.05, 3.63) is 86.9 Å². The Morgan fingerprint density at radius 1 is 1.12 bits per heavy atom. The number of anilines is 2. The lowest BCUT2D eigenvalue weighted by Gasteiger charge is -2.14. The minimum absolute atomic E-state index is 0.0334. The SMILES string of the molecule is Cc1c(C(=O)NC(=S)Nc2cc(S(=O)(=O)Nc3ccc(Cl)cc3)ccc2O)cccc1[N+](=O)[O-]. The predicted octanol–water partition coefficient (Wildman–Crippen LogP) is 4.19. The minimum atomic E-state index is -4.02. The summed E-state index contributed by atoms with van der Waals surface area (Å²) < 4.78 is 27.8. The standard InChI is InChI=1S/C21H17ClN4O6S2/c1-12-16(3-2-4-18(12)26(29)30)20(28)24-21(33)23-17-11-15(9-10-19(17)27)34(31,32)25-14-7-5-13(22)6-8-14/h2-11,25,27H,1H3,(H2,23,24,28,33). The Morgan fingerprint density at radius 3 is 2.44 bits per heavy atom. The number of thiocarbonyl (C=S) groups is 1. The van der Waals surface area contributed by atoms with Crippen LogP contribution in [0.1, 0.15) is 15.9 Å². The molecule has 0 aromatic heterocycles. The Morgan fingerprint density at radius 2 is 1.79 bits per heavy atom. The van der Waals surface area contributed by atoms with Crippen LogP contribution in [-0.4, -0.2) is 29.5 Å². The molecule has 0 spiro atoms. The average molecular weight is 521 g/mol.